The Bertz CT molecular complexity index is 1060. The van der Waals surface area contributed by atoms with Crippen LogP contribution in [0.2, 0.25) is 0 Å². The van der Waals surface area contributed by atoms with Crippen LogP contribution in [-0.4, -0.2) is 0 Å². The fourth-order valence-corrected chi connectivity index (χ4v) is 6.44. The molecule has 0 aromatic heterocycles. The van der Waals surface area contributed by atoms with E-state index in [1.54, 1.807) is 16.7 Å². The summed E-state index contributed by atoms with van der Waals surface area (Å²) in [6, 6.07) is 29.9. The van der Waals surface area contributed by atoms with E-state index in [9.17, 15) is 0 Å². The highest BCUT2D eigenvalue weighted by Gasteiger charge is 2.50. The third-order valence-corrected chi connectivity index (χ3v) is 7.51. The summed E-state index contributed by atoms with van der Waals surface area (Å²) in [7, 11) is 0. The van der Waals surface area contributed by atoms with E-state index in [-0.39, 0.29) is 5.41 Å². The van der Waals surface area contributed by atoms with Gasteiger partial charge < -0.3 is 0 Å². The fourth-order valence-electron chi connectivity index (χ4n) is 6.44. The van der Waals surface area contributed by atoms with Crippen molar-refractivity contribution in [2.75, 3.05) is 0 Å². The molecule has 3 aliphatic carbocycles. The summed E-state index contributed by atoms with van der Waals surface area (Å²) in [6.45, 7) is 0. The number of hydrogen-bond donors (Lipinski definition) is 0. The number of hydrogen-bond acceptors (Lipinski definition) is 0. The minimum Gasteiger partial charge on any atom is -0.0622 e. The summed E-state index contributed by atoms with van der Waals surface area (Å²) in [5, 5.41) is 0. The van der Waals surface area contributed by atoms with Crippen molar-refractivity contribution in [3.63, 3.8) is 0 Å². The van der Waals surface area contributed by atoms with E-state index >= 15 is 0 Å². The summed E-state index contributed by atoms with van der Waals surface area (Å²) in [4.78, 5) is 0. The number of allylic oxidation sites excluding steroid dienone is 2. The molecule has 3 aromatic carbocycles. The fraction of sp³-hybridized carbons (Fsp3) is 0.286. The Balaban J connectivity index is 1.69. The van der Waals surface area contributed by atoms with E-state index < -0.39 is 0 Å². The van der Waals surface area contributed by atoms with Crippen LogP contribution in [-0.2, 0) is 11.8 Å². The van der Waals surface area contributed by atoms with Gasteiger partial charge in [-0.05, 0) is 58.2 Å². The van der Waals surface area contributed by atoms with Gasteiger partial charge in [-0.15, -0.1) is 0 Å². The van der Waals surface area contributed by atoms with Gasteiger partial charge in [0.1, 0.15) is 0 Å². The molecule has 0 saturated heterocycles. The Kier molecular flexibility index (Phi) is 3.63. The van der Waals surface area contributed by atoms with Crippen LogP contribution in [0, 0.1) is 0 Å². The van der Waals surface area contributed by atoms with Gasteiger partial charge in [-0.2, -0.15) is 0 Å². The Morgan fingerprint density at radius 3 is 2.14 bits per heavy atom. The second-order valence-corrected chi connectivity index (χ2v) is 8.83. The minimum atomic E-state index is 0.243. The van der Waals surface area contributed by atoms with Crippen LogP contribution in [0.5, 0.6) is 0 Å². The topological polar surface area (TPSA) is 0 Å². The highest BCUT2D eigenvalue weighted by Crippen LogP contribution is 2.62. The number of benzene rings is 3. The molecule has 0 bridgehead atoms. The quantitative estimate of drug-likeness (QED) is 0.431. The van der Waals surface area contributed by atoms with Gasteiger partial charge in [-0.25, -0.2) is 0 Å². The summed E-state index contributed by atoms with van der Waals surface area (Å²) in [5.74, 6) is 0.475. The van der Waals surface area contributed by atoms with Crippen molar-refractivity contribution in [2.45, 2.75) is 49.9 Å². The van der Waals surface area contributed by atoms with E-state index in [1.807, 2.05) is 0 Å². The van der Waals surface area contributed by atoms with E-state index in [1.165, 1.54) is 54.4 Å². The number of fused-ring (bicyclic) bond motifs is 5. The molecule has 3 aromatic rings. The first-order valence-electron chi connectivity index (χ1n) is 10.8. The van der Waals surface area contributed by atoms with Crippen molar-refractivity contribution in [3.8, 4) is 0 Å². The molecule has 0 nitrogen and oxygen atoms in total. The lowest BCUT2D eigenvalue weighted by Gasteiger charge is -2.49. The predicted molar refractivity (Wildman–Crippen MR) is 117 cm³/mol. The highest BCUT2D eigenvalue weighted by molar-refractivity contribution is 6.02. The molecule has 28 heavy (non-hydrogen) atoms. The lowest BCUT2D eigenvalue weighted by atomic mass is 9.54. The Labute approximate surface area is 167 Å². The van der Waals surface area contributed by atoms with Gasteiger partial charge in [0.15, 0.2) is 0 Å². The zero-order valence-electron chi connectivity index (χ0n) is 16.3. The van der Waals surface area contributed by atoms with Crippen LogP contribution in [0.25, 0.3) is 11.1 Å². The van der Waals surface area contributed by atoms with Crippen molar-refractivity contribution in [3.05, 3.63) is 107 Å². The molecule has 0 amide bonds. The molecule has 1 spiro atoms. The maximum Gasteiger partial charge on any atom is 0.0196 e. The lowest BCUT2D eigenvalue weighted by molar-refractivity contribution is 0.268. The smallest absolute Gasteiger partial charge is 0.0196 e. The Morgan fingerprint density at radius 2 is 1.32 bits per heavy atom. The second-order valence-electron chi connectivity index (χ2n) is 8.83. The summed E-state index contributed by atoms with van der Waals surface area (Å²) >= 11 is 0. The van der Waals surface area contributed by atoms with Crippen LogP contribution in [0.1, 0.15) is 65.8 Å². The second kappa shape index (κ2) is 6.21. The van der Waals surface area contributed by atoms with Gasteiger partial charge in [0.25, 0.3) is 0 Å². The Morgan fingerprint density at radius 1 is 0.643 bits per heavy atom. The van der Waals surface area contributed by atoms with Crippen LogP contribution >= 0.6 is 0 Å². The molecular formula is C28H26. The minimum absolute atomic E-state index is 0.243. The van der Waals surface area contributed by atoms with Crippen molar-refractivity contribution < 1.29 is 0 Å². The molecule has 0 heterocycles. The average Bonchev–Trinajstić information content (AvgIpc) is 3.15. The molecule has 0 N–H and O–H groups in total. The molecule has 0 heteroatoms. The third kappa shape index (κ3) is 2.18. The van der Waals surface area contributed by atoms with Gasteiger partial charge in [-0.1, -0.05) is 98.1 Å². The van der Waals surface area contributed by atoms with Gasteiger partial charge >= 0.3 is 0 Å². The summed E-state index contributed by atoms with van der Waals surface area (Å²) < 4.78 is 0. The summed E-state index contributed by atoms with van der Waals surface area (Å²) in [6.07, 6.45) is 7.78. The first-order valence-corrected chi connectivity index (χ1v) is 10.8. The summed E-state index contributed by atoms with van der Waals surface area (Å²) in [5.41, 5.74) is 11.1. The normalized spacial score (nSPS) is 21.9. The van der Waals surface area contributed by atoms with Crippen molar-refractivity contribution >= 4 is 11.1 Å². The van der Waals surface area contributed by atoms with Gasteiger partial charge in [-0.3, -0.25) is 0 Å². The maximum absolute atomic E-state index is 2.45. The molecule has 1 saturated carbocycles. The van der Waals surface area contributed by atoms with Crippen LogP contribution in [0.3, 0.4) is 0 Å². The molecule has 3 aliphatic rings. The molecule has 1 atom stereocenters. The van der Waals surface area contributed by atoms with Crippen molar-refractivity contribution in [2.24, 2.45) is 0 Å². The highest BCUT2D eigenvalue weighted by atomic mass is 14.5. The maximum atomic E-state index is 2.45. The first-order chi connectivity index (χ1) is 13.9. The van der Waals surface area contributed by atoms with E-state index in [0.29, 0.717) is 5.92 Å². The van der Waals surface area contributed by atoms with Crippen LogP contribution in [0.15, 0.2) is 78.9 Å². The zero-order valence-corrected chi connectivity index (χ0v) is 16.3. The monoisotopic (exact) mass is 362 g/mol. The molecular weight excluding hydrogens is 336 g/mol. The molecule has 0 aliphatic heterocycles. The molecule has 138 valence electrons. The van der Waals surface area contributed by atoms with Gasteiger partial charge in [0.05, 0.1) is 0 Å². The molecule has 0 radical (unpaired) electrons. The standard InChI is InChI=1S/C28H26/c1-3-11-20(12-4-1)27-26-22-14-6-5-13-21(22)19-24(26)23-15-7-8-16-25(23)28(27)17-9-2-10-18-28/h1,3-8,11-16,27H,2,9-10,17-19H2. The average molecular weight is 363 g/mol. The van der Waals surface area contributed by atoms with E-state index in [0.717, 1.165) is 6.42 Å². The Hall–Kier alpha value is -2.60. The van der Waals surface area contributed by atoms with Crippen LogP contribution in [0.4, 0.5) is 0 Å². The first kappa shape index (κ1) is 16.4. The largest absolute Gasteiger partial charge is 0.0622 e. The number of rotatable bonds is 1. The lowest BCUT2D eigenvalue weighted by Crippen LogP contribution is -2.39. The predicted octanol–water partition coefficient (Wildman–Crippen LogP) is 7.15. The zero-order chi connectivity index (χ0) is 18.6. The third-order valence-electron chi connectivity index (χ3n) is 7.51. The van der Waals surface area contributed by atoms with Crippen LogP contribution < -0.4 is 0 Å². The van der Waals surface area contributed by atoms with Gasteiger partial charge in [0.2, 0.25) is 0 Å². The van der Waals surface area contributed by atoms with E-state index in [2.05, 4.69) is 78.9 Å². The molecule has 1 fully saturated rings. The van der Waals surface area contributed by atoms with Gasteiger partial charge in [0, 0.05) is 11.3 Å². The van der Waals surface area contributed by atoms with Crippen molar-refractivity contribution in [1.82, 2.24) is 0 Å². The molecule has 6 rings (SSSR count). The molecule has 1 unspecified atom stereocenters. The van der Waals surface area contributed by atoms with Crippen molar-refractivity contribution in [1.29, 1.82) is 0 Å². The SMILES string of the molecule is c1ccc(C2C3=C(Cc4ccccc43)c3ccccc3C23CCCCC3)cc1. The van der Waals surface area contributed by atoms with E-state index in [4.69, 9.17) is 0 Å².